The summed E-state index contributed by atoms with van der Waals surface area (Å²) in [7, 11) is 1.53. The number of carbonyl (C=O) groups is 3. The van der Waals surface area contributed by atoms with Crippen molar-refractivity contribution < 1.29 is 23.9 Å². The highest BCUT2D eigenvalue weighted by atomic mass is 16.5. The van der Waals surface area contributed by atoms with E-state index >= 15 is 0 Å². The molecule has 0 radical (unpaired) electrons. The molecular formula is C21H26N2O5. The van der Waals surface area contributed by atoms with Crippen LogP contribution in [0.2, 0.25) is 0 Å². The van der Waals surface area contributed by atoms with Crippen molar-refractivity contribution >= 4 is 17.9 Å². The highest BCUT2D eigenvalue weighted by molar-refractivity contribution is 5.97. The molecule has 5 rings (SSSR count). The van der Waals surface area contributed by atoms with Gasteiger partial charge in [0.2, 0.25) is 0 Å². The van der Waals surface area contributed by atoms with E-state index in [-0.39, 0.29) is 5.54 Å². The summed E-state index contributed by atoms with van der Waals surface area (Å²) in [5, 5.41) is 5.36. The second-order valence-corrected chi connectivity index (χ2v) is 8.50. The van der Waals surface area contributed by atoms with Crippen LogP contribution in [0.4, 0.5) is 4.79 Å². The molecule has 3 amide bonds. The summed E-state index contributed by atoms with van der Waals surface area (Å²) in [4.78, 5) is 36.3. The number of benzene rings is 1. The smallest absolute Gasteiger partial charge is 0.338 e. The normalized spacial score (nSPS) is 29.8. The number of amides is 3. The maximum Gasteiger partial charge on any atom is 0.338 e. The molecule has 0 spiro atoms. The van der Waals surface area contributed by atoms with Gasteiger partial charge < -0.3 is 14.8 Å². The predicted molar refractivity (Wildman–Crippen MR) is 101 cm³/mol. The number of imide groups is 1. The first-order chi connectivity index (χ1) is 13.4. The van der Waals surface area contributed by atoms with Crippen LogP contribution in [0.5, 0.6) is 5.75 Å². The van der Waals surface area contributed by atoms with Gasteiger partial charge in [-0.1, -0.05) is 0 Å². The average molecular weight is 386 g/mol. The van der Waals surface area contributed by atoms with Crippen molar-refractivity contribution in [2.24, 2.45) is 17.8 Å². The van der Waals surface area contributed by atoms with Gasteiger partial charge in [-0.2, -0.15) is 0 Å². The van der Waals surface area contributed by atoms with E-state index in [1.165, 1.54) is 26.4 Å². The molecule has 1 aromatic carbocycles. The van der Waals surface area contributed by atoms with Gasteiger partial charge in [0.1, 0.15) is 5.75 Å². The number of esters is 1. The molecular weight excluding hydrogens is 360 g/mol. The van der Waals surface area contributed by atoms with E-state index in [9.17, 15) is 14.4 Å². The molecule has 0 unspecified atom stereocenters. The van der Waals surface area contributed by atoms with Crippen LogP contribution in [0.25, 0.3) is 0 Å². The lowest BCUT2D eigenvalue weighted by atomic mass is 9.53. The first kappa shape index (κ1) is 18.8. The number of methoxy groups -OCH3 is 1. The van der Waals surface area contributed by atoms with Gasteiger partial charge in [-0.05, 0) is 80.5 Å². The molecule has 4 aliphatic carbocycles. The van der Waals surface area contributed by atoms with Crippen molar-refractivity contribution in [2.75, 3.05) is 13.7 Å². The van der Waals surface area contributed by atoms with Crippen LogP contribution in [0, 0.1) is 17.8 Å². The zero-order chi connectivity index (χ0) is 19.7. The van der Waals surface area contributed by atoms with Crippen LogP contribution in [0.15, 0.2) is 24.3 Å². The summed E-state index contributed by atoms with van der Waals surface area (Å²) in [6.07, 6.45) is 6.86. The second kappa shape index (κ2) is 7.45. The van der Waals surface area contributed by atoms with Gasteiger partial charge in [0.25, 0.3) is 5.91 Å². The summed E-state index contributed by atoms with van der Waals surface area (Å²) in [5.74, 6) is 1.46. The van der Waals surface area contributed by atoms with Gasteiger partial charge >= 0.3 is 12.0 Å². The highest BCUT2D eigenvalue weighted by Gasteiger charge is 2.51. The molecule has 0 atom stereocenters. The number of hydrogen-bond acceptors (Lipinski definition) is 5. The Bertz CT molecular complexity index is 738. The van der Waals surface area contributed by atoms with Gasteiger partial charge in [-0.15, -0.1) is 0 Å². The highest BCUT2D eigenvalue weighted by Crippen LogP contribution is 2.55. The van der Waals surface area contributed by atoms with Crippen LogP contribution < -0.4 is 15.4 Å². The fourth-order valence-corrected chi connectivity index (χ4v) is 5.64. The average Bonchev–Trinajstić information content (AvgIpc) is 2.64. The van der Waals surface area contributed by atoms with Gasteiger partial charge in [-0.3, -0.25) is 10.1 Å². The number of nitrogens with one attached hydrogen (secondary N) is 2. The van der Waals surface area contributed by atoms with Crippen molar-refractivity contribution in [1.82, 2.24) is 10.6 Å². The Morgan fingerprint density at radius 3 is 2.11 bits per heavy atom. The molecule has 150 valence electrons. The number of urea groups is 1. The summed E-state index contributed by atoms with van der Waals surface area (Å²) >= 11 is 0. The predicted octanol–water partition coefficient (Wildman–Crippen LogP) is 2.65. The molecule has 4 aliphatic rings. The SMILES string of the molecule is COc1ccc(C(=O)OCC(=O)NC(=O)NC23CC4CC(CC(C4)C2)C3)cc1. The zero-order valence-electron chi connectivity index (χ0n) is 16.0. The fraction of sp³-hybridized carbons (Fsp3) is 0.571. The molecule has 4 saturated carbocycles. The maximum atomic E-state index is 12.3. The summed E-state index contributed by atoms with van der Waals surface area (Å²) in [5.41, 5.74) is 0.144. The first-order valence-corrected chi connectivity index (χ1v) is 9.88. The number of rotatable bonds is 5. The van der Waals surface area contributed by atoms with Crippen molar-refractivity contribution in [3.05, 3.63) is 29.8 Å². The number of carbonyl (C=O) groups excluding carboxylic acids is 3. The van der Waals surface area contributed by atoms with E-state index in [4.69, 9.17) is 9.47 Å². The van der Waals surface area contributed by atoms with Crippen LogP contribution >= 0.6 is 0 Å². The zero-order valence-corrected chi connectivity index (χ0v) is 16.0. The first-order valence-electron chi connectivity index (χ1n) is 9.88. The summed E-state index contributed by atoms with van der Waals surface area (Å²) in [6, 6.07) is 5.88. The van der Waals surface area contributed by atoms with Crippen molar-refractivity contribution in [3.8, 4) is 5.75 Å². The van der Waals surface area contributed by atoms with E-state index in [0.29, 0.717) is 29.1 Å². The molecule has 1 aromatic rings. The maximum absolute atomic E-state index is 12.3. The minimum atomic E-state index is -0.635. The third-order valence-electron chi connectivity index (χ3n) is 6.33. The second-order valence-electron chi connectivity index (χ2n) is 8.50. The van der Waals surface area contributed by atoms with Crippen LogP contribution in [0.1, 0.15) is 48.9 Å². The van der Waals surface area contributed by atoms with Gasteiger partial charge in [-0.25, -0.2) is 9.59 Å². The van der Waals surface area contributed by atoms with Gasteiger partial charge in [0.05, 0.1) is 12.7 Å². The Hall–Kier alpha value is -2.57. The Morgan fingerprint density at radius 1 is 1.00 bits per heavy atom. The van der Waals surface area contributed by atoms with Crippen molar-refractivity contribution in [1.29, 1.82) is 0 Å². The van der Waals surface area contributed by atoms with Crippen LogP contribution in [-0.2, 0) is 9.53 Å². The van der Waals surface area contributed by atoms with Gasteiger partial charge in [0, 0.05) is 5.54 Å². The largest absolute Gasteiger partial charge is 0.497 e. The van der Waals surface area contributed by atoms with E-state index in [0.717, 1.165) is 19.3 Å². The third kappa shape index (κ3) is 3.98. The topological polar surface area (TPSA) is 93.7 Å². The molecule has 7 heteroatoms. The van der Waals surface area contributed by atoms with Gasteiger partial charge in [0.15, 0.2) is 6.61 Å². The molecule has 4 bridgehead atoms. The molecule has 2 N–H and O–H groups in total. The molecule has 4 fully saturated rings. The lowest BCUT2D eigenvalue weighted by Gasteiger charge is -2.56. The minimum Gasteiger partial charge on any atom is -0.497 e. The Balaban J connectivity index is 1.24. The van der Waals surface area contributed by atoms with Crippen LogP contribution in [-0.4, -0.2) is 37.2 Å². The molecule has 0 saturated heterocycles. The lowest BCUT2D eigenvalue weighted by molar-refractivity contribution is -0.123. The molecule has 7 nitrogen and oxygen atoms in total. The molecule has 0 aromatic heterocycles. The van der Waals surface area contributed by atoms with Crippen molar-refractivity contribution in [2.45, 2.75) is 44.1 Å². The van der Waals surface area contributed by atoms with Crippen molar-refractivity contribution in [3.63, 3.8) is 0 Å². The third-order valence-corrected chi connectivity index (χ3v) is 6.33. The molecule has 0 aliphatic heterocycles. The van der Waals surface area contributed by atoms with Crippen LogP contribution in [0.3, 0.4) is 0 Å². The van der Waals surface area contributed by atoms with E-state index < -0.39 is 24.5 Å². The number of ether oxygens (including phenoxy) is 2. The Labute approximate surface area is 164 Å². The fourth-order valence-electron chi connectivity index (χ4n) is 5.64. The Morgan fingerprint density at radius 2 is 1.57 bits per heavy atom. The molecule has 0 heterocycles. The lowest BCUT2D eigenvalue weighted by Crippen LogP contribution is -2.62. The quantitative estimate of drug-likeness (QED) is 0.759. The summed E-state index contributed by atoms with van der Waals surface area (Å²) < 4.78 is 10.0. The standard InChI is InChI=1S/C21H26N2O5/c1-27-17-4-2-16(3-5-17)19(25)28-12-18(24)22-20(26)23-21-9-13-6-14(10-21)8-15(7-13)11-21/h2-5,13-15H,6-12H2,1H3,(H2,22,23,24,26). The minimum absolute atomic E-state index is 0.168. The van der Waals surface area contributed by atoms with E-state index in [2.05, 4.69) is 10.6 Å². The monoisotopic (exact) mass is 386 g/mol. The van der Waals surface area contributed by atoms with E-state index in [1.54, 1.807) is 24.3 Å². The number of hydrogen-bond donors (Lipinski definition) is 2. The molecule has 28 heavy (non-hydrogen) atoms. The Kier molecular flexibility index (Phi) is 5.00. The van der Waals surface area contributed by atoms with E-state index in [1.807, 2.05) is 0 Å². The summed E-state index contributed by atoms with van der Waals surface area (Å²) in [6.45, 7) is -0.501.